The van der Waals surface area contributed by atoms with Gasteiger partial charge in [-0.3, -0.25) is 4.79 Å². The highest BCUT2D eigenvalue weighted by atomic mass is 16.2. The summed E-state index contributed by atoms with van der Waals surface area (Å²) in [6.45, 7) is 5.61. The number of piperidine rings is 1. The maximum absolute atomic E-state index is 12.0. The molecule has 0 spiro atoms. The average Bonchev–Trinajstić information content (AvgIpc) is 2.39. The van der Waals surface area contributed by atoms with E-state index < -0.39 is 6.04 Å². The van der Waals surface area contributed by atoms with E-state index in [9.17, 15) is 4.79 Å². The SMILES string of the molecule is C[C@H](N)C(=O)N1CCCC(C)(c2ccccc2)C1. The number of hydrogen-bond acceptors (Lipinski definition) is 2. The van der Waals surface area contributed by atoms with Crippen molar-refractivity contribution in [2.45, 2.75) is 38.1 Å². The van der Waals surface area contributed by atoms with E-state index >= 15 is 0 Å². The lowest BCUT2D eigenvalue weighted by Crippen LogP contribution is -2.51. The summed E-state index contributed by atoms with van der Waals surface area (Å²) in [6.07, 6.45) is 2.17. The molecule has 0 saturated carbocycles. The van der Waals surface area contributed by atoms with Gasteiger partial charge in [0.15, 0.2) is 0 Å². The van der Waals surface area contributed by atoms with Crippen LogP contribution >= 0.6 is 0 Å². The van der Waals surface area contributed by atoms with E-state index in [0.29, 0.717) is 0 Å². The molecule has 0 bridgehead atoms. The number of amides is 1. The van der Waals surface area contributed by atoms with Crippen LogP contribution in [-0.4, -0.2) is 29.9 Å². The lowest BCUT2D eigenvalue weighted by molar-refractivity contribution is -0.134. The Morgan fingerprint density at radius 3 is 2.67 bits per heavy atom. The predicted molar refractivity (Wildman–Crippen MR) is 73.3 cm³/mol. The number of rotatable bonds is 2. The van der Waals surface area contributed by atoms with Crippen LogP contribution in [0.2, 0.25) is 0 Å². The van der Waals surface area contributed by atoms with Gasteiger partial charge in [-0.1, -0.05) is 37.3 Å². The minimum atomic E-state index is -0.400. The fourth-order valence-electron chi connectivity index (χ4n) is 2.79. The Kier molecular flexibility index (Phi) is 3.71. The Morgan fingerprint density at radius 2 is 2.06 bits per heavy atom. The molecule has 1 unspecified atom stereocenters. The molecule has 1 aliphatic rings. The molecule has 2 atom stereocenters. The second-order valence-corrected chi connectivity index (χ2v) is 5.58. The molecule has 0 radical (unpaired) electrons. The van der Waals surface area contributed by atoms with Gasteiger partial charge in [-0.15, -0.1) is 0 Å². The smallest absolute Gasteiger partial charge is 0.239 e. The molecular formula is C15H22N2O. The van der Waals surface area contributed by atoms with E-state index in [2.05, 4.69) is 31.2 Å². The van der Waals surface area contributed by atoms with Gasteiger partial charge in [0.05, 0.1) is 6.04 Å². The van der Waals surface area contributed by atoms with Crippen LogP contribution in [0.25, 0.3) is 0 Å². The van der Waals surface area contributed by atoms with Crippen LogP contribution in [0.4, 0.5) is 0 Å². The van der Waals surface area contributed by atoms with Crippen molar-refractivity contribution in [1.82, 2.24) is 4.90 Å². The number of benzene rings is 1. The highest BCUT2D eigenvalue weighted by Gasteiger charge is 2.34. The summed E-state index contributed by atoms with van der Waals surface area (Å²) in [7, 11) is 0. The Bertz CT molecular complexity index is 416. The Morgan fingerprint density at radius 1 is 1.39 bits per heavy atom. The molecule has 1 amide bonds. The van der Waals surface area contributed by atoms with E-state index in [4.69, 9.17) is 5.73 Å². The summed E-state index contributed by atoms with van der Waals surface area (Å²) < 4.78 is 0. The van der Waals surface area contributed by atoms with E-state index in [0.717, 1.165) is 25.9 Å². The Hall–Kier alpha value is -1.35. The first-order valence-corrected chi connectivity index (χ1v) is 6.63. The van der Waals surface area contributed by atoms with E-state index in [-0.39, 0.29) is 11.3 Å². The minimum Gasteiger partial charge on any atom is -0.340 e. The van der Waals surface area contributed by atoms with Crippen molar-refractivity contribution in [3.63, 3.8) is 0 Å². The van der Waals surface area contributed by atoms with Crippen molar-refractivity contribution in [3.05, 3.63) is 35.9 Å². The molecule has 3 heteroatoms. The fourth-order valence-corrected chi connectivity index (χ4v) is 2.79. The zero-order valence-corrected chi connectivity index (χ0v) is 11.2. The topological polar surface area (TPSA) is 46.3 Å². The van der Waals surface area contributed by atoms with Crippen LogP contribution in [-0.2, 0) is 10.2 Å². The summed E-state index contributed by atoms with van der Waals surface area (Å²) in [5.74, 6) is 0.0665. The third-order valence-electron chi connectivity index (χ3n) is 3.87. The van der Waals surface area contributed by atoms with Gasteiger partial charge in [0.25, 0.3) is 0 Å². The zero-order chi connectivity index (χ0) is 13.2. The molecule has 0 aromatic heterocycles. The monoisotopic (exact) mass is 246 g/mol. The van der Waals surface area contributed by atoms with Gasteiger partial charge in [0.1, 0.15) is 0 Å². The number of likely N-dealkylation sites (tertiary alicyclic amines) is 1. The van der Waals surface area contributed by atoms with Crippen LogP contribution in [0.5, 0.6) is 0 Å². The van der Waals surface area contributed by atoms with Crippen LogP contribution in [0.15, 0.2) is 30.3 Å². The normalized spacial score (nSPS) is 25.8. The summed E-state index contributed by atoms with van der Waals surface area (Å²) in [5.41, 5.74) is 7.07. The van der Waals surface area contributed by atoms with Gasteiger partial charge in [0, 0.05) is 18.5 Å². The molecule has 1 aromatic carbocycles. The van der Waals surface area contributed by atoms with Gasteiger partial charge in [-0.25, -0.2) is 0 Å². The maximum atomic E-state index is 12.0. The first-order chi connectivity index (χ1) is 8.53. The van der Waals surface area contributed by atoms with Gasteiger partial charge >= 0.3 is 0 Å². The van der Waals surface area contributed by atoms with Crippen molar-refractivity contribution >= 4 is 5.91 Å². The minimum absolute atomic E-state index is 0.0596. The third-order valence-corrected chi connectivity index (χ3v) is 3.87. The summed E-state index contributed by atoms with van der Waals surface area (Å²) in [4.78, 5) is 13.9. The van der Waals surface area contributed by atoms with Crippen molar-refractivity contribution < 1.29 is 4.79 Å². The molecule has 1 saturated heterocycles. The van der Waals surface area contributed by atoms with Crippen molar-refractivity contribution in [1.29, 1.82) is 0 Å². The van der Waals surface area contributed by atoms with Crippen molar-refractivity contribution in [3.8, 4) is 0 Å². The second-order valence-electron chi connectivity index (χ2n) is 5.58. The molecule has 2 rings (SSSR count). The Labute approximate surface area is 109 Å². The fraction of sp³-hybridized carbons (Fsp3) is 0.533. The molecule has 0 aliphatic carbocycles. The summed E-state index contributed by atoms with van der Waals surface area (Å²) in [5, 5.41) is 0. The van der Waals surface area contributed by atoms with Crippen LogP contribution in [0.1, 0.15) is 32.3 Å². The predicted octanol–water partition coefficient (Wildman–Crippen LogP) is 1.91. The third kappa shape index (κ3) is 2.56. The first-order valence-electron chi connectivity index (χ1n) is 6.63. The van der Waals surface area contributed by atoms with Crippen molar-refractivity contribution in [2.24, 2.45) is 5.73 Å². The van der Waals surface area contributed by atoms with E-state index in [1.54, 1.807) is 6.92 Å². The molecule has 1 aliphatic heterocycles. The number of carbonyl (C=O) groups is 1. The lowest BCUT2D eigenvalue weighted by Gasteiger charge is -2.41. The molecule has 1 heterocycles. The molecule has 2 N–H and O–H groups in total. The molecular weight excluding hydrogens is 224 g/mol. The van der Waals surface area contributed by atoms with Crippen molar-refractivity contribution in [2.75, 3.05) is 13.1 Å². The van der Waals surface area contributed by atoms with Crippen LogP contribution in [0.3, 0.4) is 0 Å². The maximum Gasteiger partial charge on any atom is 0.239 e. The van der Waals surface area contributed by atoms with E-state index in [1.807, 2.05) is 11.0 Å². The Balaban J connectivity index is 2.18. The second kappa shape index (κ2) is 5.11. The standard InChI is InChI=1S/C15H22N2O/c1-12(16)14(18)17-10-6-9-15(2,11-17)13-7-4-3-5-8-13/h3-5,7-8,12H,6,9-11,16H2,1-2H3/t12-,15?/m0/s1. The average molecular weight is 246 g/mol. The quantitative estimate of drug-likeness (QED) is 0.866. The van der Waals surface area contributed by atoms with Crippen LogP contribution < -0.4 is 5.73 Å². The lowest BCUT2D eigenvalue weighted by atomic mass is 9.76. The van der Waals surface area contributed by atoms with Gasteiger partial charge in [-0.05, 0) is 25.3 Å². The summed E-state index contributed by atoms with van der Waals surface area (Å²) >= 11 is 0. The molecule has 1 fully saturated rings. The molecule has 18 heavy (non-hydrogen) atoms. The molecule has 98 valence electrons. The largest absolute Gasteiger partial charge is 0.340 e. The highest BCUT2D eigenvalue weighted by molar-refractivity contribution is 5.81. The van der Waals surface area contributed by atoms with Gasteiger partial charge in [-0.2, -0.15) is 0 Å². The van der Waals surface area contributed by atoms with Gasteiger partial charge in [0.2, 0.25) is 5.91 Å². The van der Waals surface area contributed by atoms with Gasteiger partial charge < -0.3 is 10.6 Å². The molecule has 3 nitrogen and oxygen atoms in total. The van der Waals surface area contributed by atoms with E-state index in [1.165, 1.54) is 5.56 Å². The highest BCUT2D eigenvalue weighted by Crippen LogP contribution is 2.33. The number of hydrogen-bond donors (Lipinski definition) is 1. The summed E-state index contributed by atoms with van der Waals surface area (Å²) in [6, 6.07) is 10.1. The number of nitrogens with two attached hydrogens (primary N) is 1. The number of carbonyl (C=O) groups excluding carboxylic acids is 1. The molecule has 1 aromatic rings. The number of nitrogens with zero attached hydrogens (tertiary/aromatic N) is 1. The van der Waals surface area contributed by atoms with Crippen LogP contribution in [0, 0.1) is 0 Å². The zero-order valence-electron chi connectivity index (χ0n) is 11.2. The first kappa shape index (κ1) is 13.1.